The molecule has 0 unspecified atom stereocenters. The van der Waals surface area contributed by atoms with Crippen LogP contribution in [-0.4, -0.2) is 25.2 Å². The minimum Gasteiger partial charge on any atom is -0.438 e. The third-order valence-electron chi connectivity index (χ3n) is 1.64. The number of ketones is 1. The highest BCUT2D eigenvalue weighted by Crippen LogP contribution is 1.97. The molecule has 0 atom stereocenters. The molecule has 0 aromatic heterocycles. The first-order valence-corrected chi connectivity index (χ1v) is 4.72. The second-order valence-electron chi connectivity index (χ2n) is 3.71. The average molecular weight is 202 g/mol. The van der Waals surface area contributed by atoms with E-state index in [1.54, 1.807) is 27.7 Å². The second kappa shape index (κ2) is 6.54. The molecule has 0 bridgehead atoms. The molecule has 0 amide bonds. The summed E-state index contributed by atoms with van der Waals surface area (Å²) in [5.74, 6) is -0.525. The molecule has 14 heavy (non-hydrogen) atoms. The summed E-state index contributed by atoms with van der Waals surface area (Å²) in [6, 6.07) is 0. The average Bonchev–Trinajstić information content (AvgIpc) is 2.11. The molecule has 0 N–H and O–H groups in total. The van der Waals surface area contributed by atoms with Crippen molar-refractivity contribution in [2.24, 2.45) is 11.8 Å². The quantitative estimate of drug-likeness (QED) is 0.371. The van der Waals surface area contributed by atoms with Gasteiger partial charge in [0.15, 0.2) is 12.6 Å². The molecule has 0 radical (unpaired) electrons. The molecule has 0 spiro atoms. The minimum atomic E-state index is -0.318. The number of hydrogen-bond donors (Lipinski definition) is 0. The van der Waals surface area contributed by atoms with Crippen LogP contribution >= 0.6 is 0 Å². The Bertz CT molecular complexity index is 174. The van der Waals surface area contributed by atoms with Crippen molar-refractivity contribution in [3.8, 4) is 0 Å². The van der Waals surface area contributed by atoms with Gasteiger partial charge < -0.3 is 9.47 Å². The molecule has 4 nitrogen and oxygen atoms in total. The Morgan fingerprint density at radius 3 is 2.07 bits per heavy atom. The molecule has 0 rings (SSSR count). The van der Waals surface area contributed by atoms with Crippen molar-refractivity contribution in [1.29, 1.82) is 0 Å². The summed E-state index contributed by atoms with van der Waals surface area (Å²) >= 11 is 0. The molecule has 0 aromatic carbocycles. The van der Waals surface area contributed by atoms with E-state index in [1.807, 2.05) is 0 Å². The first-order valence-electron chi connectivity index (χ1n) is 4.72. The van der Waals surface area contributed by atoms with Crippen LogP contribution in [0.2, 0.25) is 0 Å². The molecule has 0 aromatic rings. The van der Waals surface area contributed by atoms with Gasteiger partial charge in [-0.1, -0.05) is 27.7 Å². The van der Waals surface area contributed by atoms with E-state index in [0.717, 1.165) is 0 Å². The van der Waals surface area contributed by atoms with Crippen LogP contribution in [0.5, 0.6) is 0 Å². The van der Waals surface area contributed by atoms with Crippen molar-refractivity contribution < 1.29 is 19.1 Å². The lowest BCUT2D eigenvalue weighted by atomic mass is 10.1. The van der Waals surface area contributed by atoms with Gasteiger partial charge in [-0.25, -0.2) is 0 Å². The Labute approximate surface area is 84.6 Å². The van der Waals surface area contributed by atoms with Gasteiger partial charge in [0.25, 0.3) is 0 Å². The largest absolute Gasteiger partial charge is 0.438 e. The highest BCUT2D eigenvalue weighted by atomic mass is 16.7. The molecule has 0 heterocycles. The Kier molecular flexibility index (Phi) is 6.12. The molecule has 0 aliphatic rings. The first kappa shape index (κ1) is 13.1. The van der Waals surface area contributed by atoms with E-state index in [4.69, 9.17) is 9.47 Å². The topological polar surface area (TPSA) is 52.6 Å². The lowest BCUT2D eigenvalue weighted by Crippen LogP contribution is -2.19. The predicted octanol–water partition coefficient (Wildman–Crippen LogP) is 1.38. The molecule has 0 aliphatic carbocycles. The van der Waals surface area contributed by atoms with Gasteiger partial charge in [-0.3, -0.25) is 9.59 Å². The fraction of sp³-hybridized carbons (Fsp3) is 0.800. The second-order valence-corrected chi connectivity index (χ2v) is 3.71. The van der Waals surface area contributed by atoms with Crippen molar-refractivity contribution >= 4 is 11.8 Å². The summed E-state index contributed by atoms with van der Waals surface area (Å²) in [7, 11) is 0. The first-order chi connectivity index (χ1) is 6.45. The molecular formula is C10H18O4. The van der Waals surface area contributed by atoms with Gasteiger partial charge in [0, 0.05) is 5.92 Å². The normalized spacial score (nSPS) is 10.7. The fourth-order valence-corrected chi connectivity index (χ4v) is 0.575. The van der Waals surface area contributed by atoms with E-state index in [0.29, 0.717) is 0 Å². The molecule has 0 aliphatic heterocycles. The Morgan fingerprint density at radius 2 is 1.64 bits per heavy atom. The van der Waals surface area contributed by atoms with Gasteiger partial charge in [-0.2, -0.15) is 0 Å². The third kappa shape index (κ3) is 5.70. The van der Waals surface area contributed by atoms with Crippen LogP contribution in [-0.2, 0) is 19.1 Å². The van der Waals surface area contributed by atoms with Gasteiger partial charge in [0.2, 0.25) is 0 Å². The Balaban J connectivity index is 3.48. The number of ether oxygens (including phenoxy) is 2. The van der Waals surface area contributed by atoms with Gasteiger partial charge in [0.1, 0.15) is 6.61 Å². The maximum atomic E-state index is 11.1. The highest BCUT2D eigenvalue weighted by Gasteiger charge is 2.09. The maximum absolute atomic E-state index is 11.1. The number of carbonyl (C=O) groups is 2. The Hall–Kier alpha value is -0.900. The lowest BCUT2D eigenvalue weighted by Gasteiger charge is -2.08. The fourth-order valence-electron chi connectivity index (χ4n) is 0.575. The van der Waals surface area contributed by atoms with Crippen LogP contribution in [0, 0.1) is 11.8 Å². The third-order valence-corrected chi connectivity index (χ3v) is 1.64. The zero-order chi connectivity index (χ0) is 11.1. The van der Waals surface area contributed by atoms with Gasteiger partial charge >= 0.3 is 5.97 Å². The van der Waals surface area contributed by atoms with Crippen LogP contribution in [0.25, 0.3) is 0 Å². The van der Waals surface area contributed by atoms with Gasteiger partial charge in [-0.05, 0) is 0 Å². The summed E-state index contributed by atoms with van der Waals surface area (Å²) in [5, 5.41) is 0. The van der Waals surface area contributed by atoms with Crippen LogP contribution < -0.4 is 0 Å². The van der Waals surface area contributed by atoms with Crippen molar-refractivity contribution in [2.75, 3.05) is 13.4 Å². The van der Waals surface area contributed by atoms with Gasteiger partial charge in [-0.15, -0.1) is 0 Å². The molecule has 82 valence electrons. The summed E-state index contributed by atoms with van der Waals surface area (Å²) in [6.07, 6.45) is 0. The number of Topliss-reactive ketones (excluding diaryl/α,β-unsaturated/α-hetero) is 1. The highest BCUT2D eigenvalue weighted by molar-refractivity contribution is 5.81. The van der Waals surface area contributed by atoms with E-state index in [1.165, 1.54) is 0 Å². The van der Waals surface area contributed by atoms with E-state index >= 15 is 0 Å². The predicted molar refractivity (Wildman–Crippen MR) is 51.6 cm³/mol. The van der Waals surface area contributed by atoms with Crippen molar-refractivity contribution in [3.63, 3.8) is 0 Å². The zero-order valence-electron chi connectivity index (χ0n) is 9.20. The van der Waals surface area contributed by atoms with Crippen LogP contribution in [0.3, 0.4) is 0 Å². The number of rotatable bonds is 6. The van der Waals surface area contributed by atoms with E-state index in [9.17, 15) is 9.59 Å². The summed E-state index contributed by atoms with van der Waals surface area (Å²) in [5.41, 5.74) is 0. The monoisotopic (exact) mass is 202 g/mol. The van der Waals surface area contributed by atoms with E-state index in [-0.39, 0.29) is 37.0 Å². The maximum Gasteiger partial charge on any atom is 0.310 e. The van der Waals surface area contributed by atoms with E-state index in [2.05, 4.69) is 0 Å². The SMILES string of the molecule is CC(C)C(=O)COCOC(=O)C(C)C. The lowest BCUT2D eigenvalue weighted by molar-refractivity contribution is -0.162. The van der Waals surface area contributed by atoms with Crippen LogP contribution in [0.15, 0.2) is 0 Å². The molecule has 0 saturated carbocycles. The summed E-state index contributed by atoms with van der Waals surface area (Å²) < 4.78 is 9.61. The van der Waals surface area contributed by atoms with E-state index < -0.39 is 0 Å². The minimum absolute atomic E-state index is 0.00302. The van der Waals surface area contributed by atoms with Crippen molar-refractivity contribution in [2.45, 2.75) is 27.7 Å². The molecule has 4 heteroatoms. The van der Waals surface area contributed by atoms with Crippen LogP contribution in [0.1, 0.15) is 27.7 Å². The smallest absolute Gasteiger partial charge is 0.310 e. The summed E-state index contributed by atoms with van der Waals surface area (Å²) in [6.45, 7) is 6.93. The van der Waals surface area contributed by atoms with Crippen molar-refractivity contribution in [3.05, 3.63) is 0 Å². The molecule has 0 fully saturated rings. The number of carbonyl (C=O) groups excluding carboxylic acids is 2. The zero-order valence-corrected chi connectivity index (χ0v) is 9.20. The van der Waals surface area contributed by atoms with Crippen LogP contribution in [0.4, 0.5) is 0 Å². The van der Waals surface area contributed by atoms with Crippen molar-refractivity contribution in [1.82, 2.24) is 0 Å². The molecular weight excluding hydrogens is 184 g/mol. The molecule has 0 saturated heterocycles. The number of hydrogen-bond acceptors (Lipinski definition) is 4. The standard InChI is InChI=1S/C10H18O4/c1-7(2)9(11)5-13-6-14-10(12)8(3)4/h7-8H,5-6H2,1-4H3. The number of esters is 1. The Morgan fingerprint density at radius 1 is 1.07 bits per heavy atom. The summed E-state index contributed by atoms with van der Waals surface area (Å²) in [4.78, 5) is 22.0. The van der Waals surface area contributed by atoms with Gasteiger partial charge in [0.05, 0.1) is 5.92 Å².